The quantitative estimate of drug-likeness (QED) is 0.152. The van der Waals surface area contributed by atoms with E-state index < -0.39 is 0 Å². The second-order valence-electron chi connectivity index (χ2n) is 38.0. The summed E-state index contributed by atoms with van der Waals surface area (Å²) in [5, 5.41) is 0. The van der Waals surface area contributed by atoms with E-state index >= 15 is 0 Å². The molecule has 0 spiro atoms. The molecule has 0 aromatic carbocycles. The molecule has 12 aliphatic rings. The van der Waals surface area contributed by atoms with Crippen LogP contribution in [0.15, 0.2) is 47.1 Å². The Labute approximate surface area is 531 Å². The fourth-order valence-corrected chi connectivity index (χ4v) is 26.2. The second-order valence-corrected chi connectivity index (χ2v) is 38.0. The monoisotopic (exact) mass is 1170 g/mol. The number of hydrogen-bond acceptors (Lipinski definition) is 0. The van der Waals surface area contributed by atoms with Crippen LogP contribution >= 0.6 is 0 Å². The highest BCUT2D eigenvalue weighted by atomic mass is 14.7. The maximum Gasteiger partial charge on any atom is -0.00474 e. The van der Waals surface area contributed by atoms with Gasteiger partial charge in [0.2, 0.25) is 0 Å². The summed E-state index contributed by atoms with van der Waals surface area (Å²) in [5.41, 5.74) is 9.04. The van der Waals surface area contributed by atoms with Gasteiger partial charge in [-0.1, -0.05) is 224 Å². The van der Waals surface area contributed by atoms with Crippen LogP contribution in [0.25, 0.3) is 0 Å². The third-order valence-corrected chi connectivity index (χ3v) is 32.0. The van der Waals surface area contributed by atoms with E-state index in [1.807, 2.05) is 11.1 Å². The van der Waals surface area contributed by atoms with Gasteiger partial charge in [-0.3, -0.25) is 0 Å². The summed E-state index contributed by atoms with van der Waals surface area (Å²) in [6.45, 7) is 48.0. The lowest BCUT2D eigenvalue weighted by Crippen LogP contribution is -2.53. The Hall–Kier alpha value is -1.04. The van der Waals surface area contributed by atoms with E-state index in [1.165, 1.54) is 148 Å². The molecule has 3 unspecified atom stereocenters. The van der Waals surface area contributed by atoms with E-state index in [2.05, 4.69) is 162 Å². The van der Waals surface area contributed by atoms with Gasteiger partial charge in [-0.15, -0.1) is 0 Å². The van der Waals surface area contributed by atoms with Crippen molar-refractivity contribution in [3.63, 3.8) is 0 Å². The maximum atomic E-state index is 2.75. The summed E-state index contributed by atoms with van der Waals surface area (Å²) in [6.07, 6.45) is 57.5. The molecule has 484 valence electrons. The predicted octanol–water partition coefficient (Wildman–Crippen LogP) is 26.0. The van der Waals surface area contributed by atoms with Crippen LogP contribution in [-0.4, -0.2) is 0 Å². The van der Waals surface area contributed by atoms with Crippen molar-refractivity contribution in [2.45, 2.75) is 324 Å². The topological polar surface area (TPSA) is 0 Å². The smallest absolute Gasteiger partial charge is 0.00474 e. The first kappa shape index (κ1) is 66.9. The lowest BCUT2D eigenvalue weighted by atomic mass is 9.44. The summed E-state index contributed by atoms with van der Waals surface area (Å²) in [6, 6.07) is 0. The lowest BCUT2D eigenvalue weighted by Gasteiger charge is -2.61. The standard InChI is InChI=1S/C29H46.C28H50.C28H48/c1-19(2)21(4)8-9-22(5)25-12-13-26-24-11-10-23-18-20(3)14-16-28(23,6)27(24)15-17-29(25,26)7;2*1-19(2)8-7-9-21(4)24-12-13-25-23-11-10-22-18-20(3)14-16-27(22,5)26(23)15-17-28(24,25)6/h8-11,19-22,25-27H,12-18H2,1-7H3;19-26H,7-18H2,1-6H3;10,19-21,23-26H,7-9,11-18H2,1-6H3/b9-8+;;/t20-,21?,22?,25?,26-,27-,28-,29+;20-,21+,22-,23-,24+,25-,26-,27-,28+;20-,21+,23-,24+,25-,26-,27-,28+/m000/s1. The van der Waals surface area contributed by atoms with Crippen molar-refractivity contribution in [2.24, 2.45) is 163 Å². The molecule has 0 aliphatic heterocycles. The molecule has 0 heterocycles. The van der Waals surface area contributed by atoms with Gasteiger partial charge in [0.1, 0.15) is 0 Å². The highest BCUT2D eigenvalue weighted by Gasteiger charge is 2.62. The molecule has 12 rings (SSSR count). The van der Waals surface area contributed by atoms with E-state index in [-0.39, 0.29) is 0 Å². The predicted molar refractivity (Wildman–Crippen MR) is 371 cm³/mol. The summed E-state index contributed by atoms with van der Waals surface area (Å²) < 4.78 is 0. The fourth-order valence-electron chi connectivity index (χ4n) is 26.2. The first-order valence-corrected chi connectivity index (χ1v) is 39.0. The Kier molecular flexibility index (Phi) is 20.9. The molecule has 12 aliphatic carbocycles. The molecule has 10 saturated carbocycles. The normalized spacial score (nSPS) is 46.6. The zero-order valence-electron chi connectivity index (χ0n) is 60.3. The SMILES string of the molecule is CC(C)C(C)/C=C/C(C)C1CC[C@H]2C3=CC=C4C[C@@H](C)CC[C@]4(C)[C@H]3CC[C@]12C.CC(C)CCC[C@@H](C)[C@H]1CC[C@H]2[C@@H]3CC=C4C[C@@H](C)CC[C@]4(C)[C@H]3CC[C@]12C.CC(C)CCC[C@@H](C)[C@H]1CC[C@H]2[C@@H]3CC[C@H]4C[C@@H](C)CC[C@]4(C)[C@H]3CC[C@]12C. The Bertz CT molecular complexity index is 2330. The second kappa shape index (κ2) is 26.5. The van der Waals surface area contributed by atoms with Gasteiger partial charge in [0, 0.05) is 0 Å². The average molecular weight is 1170 g/mol. The van der Waals surface area contributed by atoms with Gasteiger partial charge in [0.15, 0.2) is 0 Å². The van der Waals surface area contributed by atoms with Crippen molar-refractivity contribution in [3.8, 4) is 0 Å². The minimum atomic E-state index is 0.466. The van der Waals surface area contributed by atoms with Crippen molar-refractivity contribution in [3.05, 3.63) is 47.1 Å². The van der Waals surface area contributed by atoms with Gasteiger partial charge in [-0.25, -0.2) is 0 Å². The van der Waals surface area contributed by atoms with Crippen molar-refractivity contribution >= 4 is 0 Å². The number of hydrogen-bond donors (Lipinski definition) is 0. The van der Waals surface area contributed by atoms with Gasteiger partial charge < -0.3 is 0 Å². The Morgan fingerprint density at radius 1 is 0.435 bits per heavy atom. The molecular formula is C85H144. The van der Waals surface area contributed by atoms with E-state index in [4.69, 9.17) is 0 Å². The van der Waals surface area contributed by atoms with E-state index in [9.17, 15) is 0 Å². The molecular weight excluding hydrogens is 1020 g/mol. The lowest BCUT2D eigenvalue weighted by molar-refractivity contribution is -0.120. The minimum Gasteiger partial charge on any atom is -0.0852 e. The summed E-state index contributed by atoms with van der Waals surface area (Å²) >= 11 is 0. The van der Waals surface area contributed by atoms with Crippen LogP contribution in [0.1, 0.15) is 324 Å². The van der Waals surface area contributed by atoms with Crippen LogP contribution in [-0.2, 0) is 0 Å². The van der Waals surface area contributed by atoms with Gasteiger partial charge >= 0.3 is 0 Å². The van der Waals surface area contributed by atoms with Crippen LogP contribution in [0.3, 0.4) is 0 Å². The molecule has 0 saturated heterocycles. The molecule has 0 aromatic rings. The van der Waals surface area contributed by atoms with Crippen LogP contribution < -0.4 is 0 Å². The highest BCUT2D eigenvalue weighted by Crippen LogP contribution is 2.71. The van der Waals surface area contributed by atoms with Gasteiger partial charge in [-0.05, 0) is 310 Å². The molecule has 0 amide bonds. The number of allylic oxidation sites excluding steroid dienone is 8. The molecule has 25 atom stereocenters. The minimum absolute atomic E-state index is 0.466. The van der Waals surface area contributed by atoms with Gasteiger partial charge in [0.05, 0.1) is 0 Å². The zero-order valence-corrected chi connectivity index (χ0v) is 60.3. The molecule has 0 bridgehead atoms. The van der Waals surface area contributed by atoms with Crippen molar-refractivity contribution < 1.29 is 0 Å². The first-order chi connectivity index (χ1) is 40.2. The van der Waals surface area contributed by atoms with Crippen LogP contribution in [0, 0.1) is 163 Å². The third kappa shape index (κ3) is 12.8. The Morgan fingerprint density at radius 2 is 0.965 bits per heavy atom. The Balaban J connectivity index is 0.000000142. The Morgan fingerprint density at radius 3 is 1.58 bits per heavy atom. The molecule has 0 heteroatoms. The maximum absolute atomic E-state index is 2.75. The molecule has 85 heavy (non-hydrogen) atoms. The van der Waals surface area contributed by atoms with Crippen molar-refractivity contribution in [1.29, 1.82) is 0 Å². The fraction of sp³-hybridized carbons (Fsp3) is 0.906. The van der Waals surface area contributed by atoms with Crippen LogP contribution in [0.4, 0.5) is 0 Å². The largest absolute Gasteiger partial charge is 0.0852 e. The summed E-state index contributed by atoms with van der Waals surface area (Å²) in [7, 11) is 0. The van der Waals surface area contributed by atoms with Crippen molar-refractivity contribution in [2.75, 3.05) is 0 Å². The van der Waals surface area contributed by atoms with Crippen LogP contribution in [0.2, 0.25) is 0 Å². The van der Waals surface area contributed by atoms with E-state index in [0.717, 1.165) is 118 Å². The van der Waals surface area contributed by atoms with E-state index in [0.29, 0.717) is 44.3 Å². The first-order valence-electron chi connectivity index (χ1n) is 39.0. The number of fused-ring (bicyclic) bond motifs is 15. The molecule has 0 nitrogen and oxygen atoms in total. The summed E-state index contributed by atoms with van der Waals surface area (Å²) in [5.74, 6) is 20.4. The molecule has 0 aromatic heterocycles. The zero-order chi connectivity index (χ0) is 61.2. The van der Waals surface area contributed by atoms with Crippen molar-refractivity contribution in [1.82, 2.24) is 0 Å². The third-order valence-electron chi connectivity index (χ3n) is 32.0. The number of rotatable bonds is 14. The van der Waals surface area contributed by atoms with Crippen LogP contribution in [0.5, 0.6) is 0 Å². The van der Waals surface area contributed by atoms with Gasteiger partial charge in [0.25, 0.3) is 0 Å². The van der Waals surface area contributed by atoms with Gasteiger partial charge in [-0.2, -0.15) is 0 Å². The van der Waals surface area contributed by atoms with E-state index in [1.54, 1.807) is 50.5 Å². The average Bonchev–Trinajstić information content (AvgIpc) is 1.75. The molecule has 0 N–H and O–H groups in total. The summed E-state index contributed by atoms with van der Waals surface area (Å²) in [4.78, 5) is 0. The highest BCUT2D eigenvalue weighted by molar-refractivity contribution is 5.39. The molecule has 10 fully saturated rings. The molecule has 0 radical (unpaired) electrons.